The highest BCUT2D eigenvalue weighted by molar-refractivity contribution is 5.52. The van der Waals surface area contributed by atoms with E-state index in [4.69, 9.17) is 4.74 Å². The fourth-order valence-electron chi connectivity index (χ4n) is 2.24. The number of pyridine rings is 1. The number of hydrogen-bond acceptors (Lipinski definition) is 3. The highest BCUT2D eigenvalue weighted by Crippen LogP contribution is 2.30. The molecule has 1 aromatic carbocycles. The number of fused-ring (bicyclic) bond motifs is 1. The Labute approximate surface area is 101 Å². The third-order valence-corrected chi connectivity index (χ3v) is 3.16. The van der Waals surface area contributed by atoms with Crippen LogP contribution in [0, 0.1) is 0 Å². The third-order valence-electron chi connectivity index (χ3n) is 3.16. The minimum Gasteiger partial charge on any atom is -0.497 e. The number of aromatic nitrogens is 1. The molecule has 2 aromatic rings. The predicted octanol–water partition coefficient (Wildman–Crippen LogP) is 2.61. The lowest BCUT2D eigenvalue weighted by atomic mass is 10.1. The Morgan fingerprint density at radius 1 is 1.06 bits per heavy atom. The first-order chi connectivity index (χ1) is 8.36. The summed E-state index contributed by atoms with van der Waals surface area (Å²) in [4.78, 5) is 6.39. The lowest BCUT2D eigenvalue weighted by Gasteiger charge is -2.16. The molecular formula is C14H14N2O. The molecule has 0 fully saturated rings. The molecule has 0 atom stereocenters. The number of hydrogen-bond donors (Lipinski definition) is 0. The van der Waals surface area contributed by atoms with Crippen LogP contribution in [0.2, 0.25) is 0 Å². The summed E-state index contributed by atoms with van der Waals surface area (Å²) in [7, 11) is 1.71. The Morgan fingerprint density at radius 3 is 2.59 bits per heavy atom. The highest BCUT2D eigenvalue weighted by atomic mass is 16.5. The lowest BCUT2D eigenvalue weighted by Crippen LogP contribution is -2.14. The van der Waals surface area contributed by atoms with E-state index in [1.54, 1.807) is 7.11 Å². The van der Waals surface area contributed by atoms with Gasteiger partial charge in [0, 0.05) is 31.2 Å². The Bertz CT molecular complexity index is 525. The summed E-state index contributed by atoms with van der Waals surface area (Å²) in [6, 6.07) is 10.4. The van der Waals surface area contributed by atoms with E-state index >= 15 is 0 Å². The number of anilines is 1. The van der Waals surface area contributed by atoms with Gasteiger partial charge in [-0.2, -0.15) is 0 Å². The van der Waals surface area contributed by atoms with Crippen molar-refractivity contribution in [2.75, 3.05) is 12.0 Å². The zero-order valence-corrected chi connectivity index (χ0v) is 9.76. The molecule has 3 rings (SSSR count). The average Bonchev–Trinajstić information content (AvgIpc) is 2.82. The largest absolute Gasteiger partial charge is 0.497 e. The third kappa shape index (κ3) is 1.84. The Morgan fingerprint density at radius 2 is 1.82 bits per heavy atom. The molecule has 1 aromatic heterocycles. The van der Waals surface area contributed by atoms with Crippen LogP contribution in [-0.2, 0) is 13.1 Å². The number of nitrogens with zero attached hydrogens (tertiary/aromatic N) is 2. The summed E-state index contributed by atoms with van der Waals surface area (Å²) in [6.45, 7) is 1.90. The predicted molar refractivity (Wildman–Crippen MR) is 67.1 cm³/mol. The van der Waals surface area contributed by atoms with Crippen molar-refractivity contribution in [1.82, 2.24) is 4.98 Å². The van der Waals surface area contributed by atoms with E-state index in [0.29, 0.717) is 0 Å². The maximum atomic E-state index is 5.25. The fourth-order valence-corrected chi connectivity index (χ4v) is 2.24. The summed E-state index contributed by atoms with van der Waals surface area (Å²) < 4.78 is 5.25. The van der Waals surface area contributed by atoms with Gasteiger partial charge >= 0.3 is 0 Å². The van der Waals surface area contributed by atoms with Crippen molar-refractivity contribution in [2.24, 2.45) is 0 Å². The van der Waals surface area contributed by atoms with E-state index in [1.165, 1.54) is 16.8 Å². The molecule has 0 aliphatic carbocycles. The van der Waals surface area contributed by atoms with Crippen molar-refractivity contribution in [3.8, 4) is 5.75 Å². The molecule has 2 heterocycles. The lowest BCUT2D eigenvalue weighted by molar-refractivity contribution is 0.414. The average molecular weight is 226 g/mol. The molecule has 17 heavy (non-hydrogen) atoms. The maximum absolute atomic E-state index is 5.25. The zero-order chi connectivity index (χ0) is 11.7. The molecule has 0 spiro atoms. The SMILES string of the molecule is COc1ccc2c(c1)CN(c1ccncc1)C2. The number of ether oxygens (including phenoxy) is 1. The van der Waals surface area contributed by atoms with Gasteiger partial charge in [-0.1, -0.05) is 6.07 Å². The molecule has 0 unspecified atom stereocenters. The van der Waals surface area contributed by atoms with Gasteiger partial charge in [-0.15, -0.1) is 0 Å². The van der Waals surface area contributed by atoms with Crippen LogP contribution in [0.3, 0.4) is 0 Å². The fraction of sp³-hybridized carbons (Fsp3) is 0.214. The van der Waals surface area contributed by atoms with Gasteiger partial charge in [-0.25, -0.2) is 0 Å². The van der Waals surface area contributed by atoms with Crippen LogP contribution in [0.4, 0.5) is 5.69 Å². The van der Waals surface area contributed by atoms with Crippen molar-refractivity contribution < 1.29 is 4.74 Å². The van der Waals surface area contributed by atoms with E-state index in [0.717, 1.165) is 18.8 Å². The molecule has 0 bridgehead atoms. The first-order valence-electron chi connectivity index (χ1n) is 5.67. The van der Waals surface area contributed by atoms with Crippen molar-refractivity contribution in [3.63, 3.8) is 0 Å². The molecule has 3 nitrogen and oxygen atoms in total. The van der Waals surface area contributed by atoms with Crippen molar-refractivity contribution >= 4 is 5.69 Å². The van der Waals surface area contributed by atoms with Gasteiger partial charge in [0.1, 0.15) is 5.75 Å². The summed E-state index contributed by atoms with van der Waals surface area (Å²) in [5.74, 6) is 0.931. The van der Waals surface area contributed by atoms with E-state index in [1.807, 2.05) is 30.6 Å². The van der Waals surface area contributed by atoms with Gasteiger partial charge in [-0.3, -0.25) is 4.98 Å². The number of rotatable bonds is 2. The first kappa shape index (κ1) is 10.1. The second kappa shape index (κ2) is 4.09. The monoisotopic (exact) mass is 226 g/mol. The van der Waals surface area contributed by atoms with Gasteiger partial charge in [0.15, 0.2) is 0 Å². The topological polar surface area (TPSA) is 25.4 Å². The van der Waals surface area contributed by atoms with E-state index in [2.05, 4.69) is 22.0 Å². The zero-order valence-electron chi connectivity index (χ0n) is 9.76. The van der Waals surface area contributed by atoms with Crippen LogP contribution < -0.4 is 9.64 Å². The highest BCUT2D eigenvalue weighted by Gasteiger charge is 2.19. The molecule has 0 saturated heterocycles. The smallest absolute Gasteiger partial charge is 0.119 e. The van der Waals surface area contributed by atoms with Crippen LogP contribution in [0.25, 0.3) is 0 Å². The molecule has 86 valence electrons. The van der Waals surface area contributed by atoms with E-state index < -0.39 is 0 Å². The van der Waals surface area contributed by atoms with Crippen LogP contribution in [0.5, 0.6) is 5.75 Å². The van der Waals surface area contributed by atoms with Gasteiger partial charge in [-0.05, 0) is 35.4 Å². The Kier molecular flexibility index (Phi) is 2.44. The molecule has 0 N–H and O–H groups in total. The quantitative estimate of drug-likeness (QED) is 0.787. The normalized spacial score (nSPS) is 13.6. The minimum atomic E-state index is 0.931. The number of methoxy groups -OCH3 is 1. The second-order valence-corrected chi connectivity index (χ2v) is 4.20. The molecule has 0 saturated carbocycles. The molecule has 0 amide bonds. The Hall–Kier alpha value is -2.03. The summed E-state index contributed by atoms with van der Waals surface area (Å²) in [5, 5.41) is 0. The molecule has 0 radical (unpaired) electrons. The second-order valence-electron chi connectivity index (χ2n) is 4.20. The van der Waals surface area contributed by atoms with Gasteiger partial charge in [0.2, 0.25) is 0 Å². The molecular weight excluding hydrogens is 212 g/mol. The molecule has 1 aliphatic heterocycles. The van der Waals surface area contributed by atoms with E-state index in [-0.39, 0.29) is 0 Å². The van der Waals surface area contributed by atoms with Crippen molar-refractivity contribution in [2.45, 2.75) is 13.1 Å². The van der Waals surface area contributed by atoms with E-state index in [9.17, 15) is 0 Å². The summed E-state index contributed by atoms with van der Waals surface area (Å²) in [5.41, 5.74) is 3.94. The standard InChI is InChI=1S/C14H14N2O/c1-17-14-3-2-11-9-16(10-12(11)8-14)13-4-6-15-7-5-13/h2-8H,9-10H2,1H3. The Balaban J connectivity index is 1.88. The van der Waals surface area contributed by atoms with Crippen LogP contribution in [0.15, 0.2) is 42.7 Å². The van der Waals surface area contributed by atoms with Crippen LogP contribution >= 0.6 is 0 Å². The first-order valence-corrected chi connectivity index (χ1v) is 5.67. The van der Waals surface area contributed by atoms with Crippen molar-refractivity contribution in [1.29, 1.82) is 0 Å². The van der Waals surface area contributed by atoms with Gasteiger partial charge in [0.25, 0.3) is 0 Å². The number of benzene rings is 1. The van der Waals surface area contributed by atoms with Crippen LogP contribution in [0.1, 0.15) is 11.1 Å². The summed E-state index contributed by atoms with van der Waals surface area (Å²) >= 11 is 0. The van der Waals surface area contributed by atoms with Gasteiger partial charge < -0.3 is 9.64 Å². The molecule has 1 aliphatic rings. The van der Waals surface area contributed by atoms with Crippen LogP contribution in [-0.4, -0.2) is 12.1 Å². The minimum absolute atomic E-state index is 0.931. The maximum Gasteiger partial charge on any atom is 0.119 e. The van der Waals surface area contributed by atoms with Gasteiger partial charge in [0.05, 0.1) is 7.11 Å². The molecule has 3 heteroatoms. The van der Waals surface area contributed by atoms with Crippen molar-refractivity contribution in [3.05, 3.63) is 53.9 Å². The summed E-state index contributed by atoms with van der Waals surface area (Å²) in [6.07, 6.45) is 3.66.